The zero-order valence-electron chi connectivity index (χ0n) is 8.16. The van der Waals surface area contributed by atoms with Crippen molar-refractivity contribution in [2.45, 2.75) is 13.0 Å². The minimum Gasteiger partial charge on any atom is -0.380 e. The Bertz CT molecular complexity index is 257. The number of amides is 2. The van der Waals surface area contributed by atoms with E-state index in [1.807, 2.05) is 0 Å². The molecule has 5 heteroatoms. The van der Waals surface area contributed by atoms with Gasteiger partial charge in [-0.15, -0.1) is 0 Å². The van der Waals surface area contributed by atoms with Gasteiger partial charge < -0.3 is 15.0 Å². The molecule has 78 valence electrons. The number of nitrogens with one attached hydrogen (secondary N) is 1. The lowest BCUT2D eigenvalue weighted by Gasteiger charge is -2.42. The molecule has 0 unspecified atom stereocenters. The second-order valence-corrected chi connectivity index (χ2v) is 3.88. The van der Waals surface area contributed by atoms with Crippen molar-refractivity contribution >= 4 is 11.8 Å². The maximum Gasteiger partial charge on any atom is 0.230 e. The van der Waals surface area contributed by atoms with E-state index in [0.29, 0.717) is 26.3 Å². The summed E-state index contributed by atoms with van der Waals surface area (Å²) >= 11 is 0. The Kier molecular flexibility index (Phi) is 2.41. The molecule has 2 aliphatic heterocycles. The van der Waals surface area contributed by atoms with Crippen LogP contribution in [0, 0.1) is 5.92 Å². The summed E-state index contributed by atoms with van der Waals surface area (Å²) in [5.41, 5.74) is 0. The van der Waals surface area contributed by atoms with Crippen LogP contribution in [0.4, 0.5) is 0 Å². The highest BCUT2D eigenvalue weighted by Gasteiger charge is 2.37. The number of ether oxygens (including phenoxy) is 1. The summed E-state index contributed by atoms with van der Waals surface area (Å²) in [6, 6.07) is 0.150. The number of nitrogens with zero attached hydrogens (tertiary/aromatic N) is 1. The van der Waals surface area contributed by atoms with Gasteiger partial charge in [-0.2, -0.15) is 0 Å². The zero-order valence-corrected chi connectivity index (χ0v) is 8.16. The fourth-order valence-electron chi connectivity index (χ4n) is 1.67. The lowest BCUT2D eigenvalue weighted by Crippen LogP contribution is -2.63. The van der Waals surface area contributed by atoms with Crippen LogP contribution in [-0.2, 0) is 14.3 Å². The summed E-state index contributed by atoms with van der Waals surface area (Å²) in [5.74, 6) is 0.195. The van der Waals surface area contributed by atoms with E-state index in [4.69, 9.17) is 4.74 Å². The molecule has 2 heterocycles. The van der Waals surface area contributed by atoms with Crippen molar-refractivity contribution in [3.63, 3.8) is 0 Å². The second-order valence-electron chi connectivity index (χ2n) is 3.88. The van der Waals surface area contributed by atoms with Crippen LogP contribution in [0.2, 0.25) is 0 Å². The van der Waals surface area contributed by atoms with E-state index >= 15 is 0 Å². The largest absolute Gasteiger partial charge is 0.380 e. The molecule has 0 spiro atoms. The van der Waals surface area contributed by atoms with Gasteiger partial charge >= 0.3 is 0 Å². The number of hydrogen-bond acceptors (Lipinski definition) is 3. The van der Waals surface area contributed by atoms with Crippen LogP contribution in [0.5, 0.6) is 0 Å². The summed E-state index contributed by atoms with van der Waals surface area (Å²) in [5, 5.41) is 2.77. The second kappa shape index (κ2) is 3.57. The first-order valence-corrected chi connectivity index (χ1v) is 4.80. The van der Waals surface area contributed by atoms with Gasteiger partial charge in [0.2, 0.25) is 11.8 Å². The minimum atomic E-state index is -0.0333. The minimum absolute atomic E-state index is 0.0333. The topological polar surface area (TPSA) is 58.6 Å². The van der Waals surface area contributed by atoms with Crippen molar-refractivity contribution in [2.24, 2.45) is 5.92 Å². The molecule has 2 saturated heterocycles. The lowest BCUT2D eigenvalue weighted by atomic mass is 10.0. The molecule has 1 N–H and O–H groups in total. The van der Waals surface area contributed by atoms with Gasteiger partial charge in [0.05, 0.1) is 25.2 Å². The summed E-state index contributed by atoms with van der Waals surface area (Å²) in [6.07, 6.45) is 0. The average Bonchev–Trinajstić information content (AvgIpc) is 1.91. The van der Waals surface area contributed by atoms with Crippen LogP contribution in [0.25, 0.3) is 0 Å². The Labute approximate surface area is 82.4 Å². The molecule has 0 bridgehead atoms. The summed E-state index contributed by atoms with van der Waals surface area (Å²) in [7, 11) is 0. The molecule has 0 radical (unpaired) electrons. The van der Waals surface area contributed by atoms with E-state index in [1.165, 1.54) is 6.92 Å². The number of likely N-dealkylation sites (tertiary alicyclic amines) is 1. The maximum absolute atomic E-state index is 11.6. The fraction of sp³-hybridized carbons (Fsp3) is 0.778. The van der Waals surface area contributed by atoms with Gasteiger partial charge in [-0.25, -0.2) is 0 Å². The summed E-state index contributed by atoms with van der Waals surface area (Å²) in [4.78, 5) is 24.0. The Morgan fingerprint density at radius 3 is 2.43 bits per heavy atom. The highest BCUT2D eigenvalue weighted by atomic mass is 16.5. The molecule has 14 heavy (non-hydrogen) atoms. The molecule has 0 aliphatic carbocycles. The quantitative estimate of drug-likeness (QED) is 0.618. The van der Waals surface area contributed by atoms with Gasteiger partial charge in [-0.05, 0) is 0 Å². The predicted molar refractivity (Wildman–Crippen MR) is 48.5 cm³/mol. The Balaban J connectivity index is 1.71. The number of carbonyl (C=O) groups is 2. The maximum atomic E-state index is 11.6. The van der Waals surface area contributed by atoms with Crippen LogP contribution < -0.4 is 5.32 Å². The van der Waals surface area contributed by atoms with Gasteiger partial charge in [0.1, 0.15) is 0 Å². The Hall–Kier alpha value is -1.10. The average molecular weight is 198 g/mol. The van der Waals surface area contributed by atoms with Gasteiger partial charge in [0.15, 0.2) is 0 Å². The third kappa shape index (κ3) is 1.72. The van der Waals surface area contributed by atoms with E-state index in [-0.39, 0.29) is 23.8 Å². The van der Waals surface area contributed by atoms with E-state index in [0.717, 1.165) is 0 Å². The van der Waals surface area contributed by atoms with Gasteiger partial charge in [-0.3, -0.25) is 9.59 Å². The molecule has 0 aromatic rings. The van der Waals surface area contributed by atoms with E-state index in [1.54, 1.807) is 4.90 Å². The molecule has 0 saturated carbocycles. The highest BCUT2D eigenvalue weighted by molar-refractivity contribution is 5.81. The predicted octanol–water partition coefficient (Wildman–Crippen LogP) is -1.02. The Morgan fingerprint density at radius 2 is 2.00 bits per heavy atom. The van der Waals surface area contributed by atoms with Crippen LogP contribution in [0.15, 0.2) is 0 Å². The molecule has 2 amide bonds. The van der Waals surface area contributed by atoms with E-state index in [2.05, 4.69) is 5.32 Å². The van der Waals surface area contributed by atoms with E-state index in [9.17, 15) is 9.59 Å². The molecular formula is C9H14N2O3. The normalized spacial score (nSPS) is 22.5. The molecule has 5 nitrogen and oxygen atoms in total. The first kappa shape index (κ1) is 9.45. The van der Waals surface area contributed by atoms with Crippen molar-refractivity contribution < 1.29 is 14.3 Å². The van der Waals surface area contributed by atoms with Crippen molar-refractivity contribution in [1.82, 2.24) is 10.2 Å². The van der Waals surface area contributed by atoms with Crippen LogP contribution in [0.1, 0.15) is 6.92 Å². The van der Waals surface area contributed by atoms with Crippen LogP contribution in [-0.4, -0.2) is 49.1 Å². The van der Waals surface area contributed by atoms with E-state index < -0.39 is 0 Å². The molecule has 0 atom stereocenters. The van der Waals surface area contributed by atoms with Crippen molar-refractivity contribution in [3.05, 3.63) is 0 Å². The standard InChI is InChI=1S/C9H14N2O3/c1-6(12)10-8-2-11(3-8)9(13)7-4-14-5-7/h7-8H,2-5H2,1H3,(H,10,12). The first-order valence-electron chi connectivity index (χ1n) is 4.80. The molecule has 2 aliphatic rings. The zero-order chi connectivity index (χ0) is 10.1. The number of carbonyl (C=O) groups excluding carboxylic acids is 2. The monoisotopic (exact) mass is 198 g/mol. The summed E-state index contributed by atoms with van der Waals surface area (Å²) < 4.78 is 4.95. The Morgan fingerprint density at radius 1 is 1.36 bits per heavy atom. The van der Waals surface area contributed by atoms with Gasteiger partial charge in [0.25, 0.3) is 0 Å². The smallest absolute Gasteiger partial charge is 0.230 e. The summed E-state index contributed by atoms with van der Waals surface area (Å²) in [6.45, 7) is 3.90. The SMILES string of the molecule is CC(=O)NC1CN(C(=O)C2COC2)C1. The van der Waals surface area contributed by atoms with Gasteiger partial charge in [-0.1, -0.05) is 0 Å². The fourth-order valence-corrected chi connectivity index (χ4v) is 1.67. The molecular weight excluding hydrogens is 184 g/mol. The van der Waals surface area contributed by atoms with Crippen molar-refractivity contribution in [3.8, 4) is 0 Å². The first-order chi connectivity index (χ1) is 6.66. The molecule has 0 aromatic carbocycles. The third-order valence-electron chi connectivity index (χ3n) is 2.59. The van der Waals surface area contributed by atoms with Crippen LogP contribution in [0.3, 0.4) is 0 Å². The highest BCUT2D eigenvalue weighted by Crippen LogP contribution is 2.18. The lowest BCUT2D eigenvalue weighted by molar-refractivity contribution is -0.155. The van der Waals surface area contributed by atoms with Crippen molar-refractivity contribution in [1.29, 1.82) is 0 Å². The van der Waals surface area contributed by atoms with Gasteiger partial charge in [0, 0.05) is 20.0 Å². The van der Waals surface area contributed by atoms with Crippen LogP contribution >= 0.6 is 0 Å². The molecule has 2 rings (SSSR count). The van der Waals surface area contributed by atoms with Crippen molar-refractivity contribution in [2.75, 3.05) is 26.3 Å². The molecule has 0 aromatic heterocycles. The number of rotatable bonds is 2. The third-order valence-corrected chi connectivity index (χ3v) is 2.59. The molecule has 2 fully saturated rings. The number of hydrogen-bond donors (Lipinski definition) is 1.